The minimum atomic E-state index is -1.96. The summed E-state index contributed by atoms with van der Waals surface area (Å²) in [4.78, 5) is 24.7. The third-order valence-corrected chi connectivity index (χ3v) is 6.38. The number of ether oxygens (including phenoxy) is 2. The number of aryl methyl sites for hydroxylation is 1. The lowest BCUT2D eigenvalue weighted by atomic mass is 9.90. The van der Waals surface area contributed by atoms with Crippen molar-refractivity contribution in [2.75, 3.05) is 12.3 Å². The number of carboxylic acid groups (broad SMARTS) is 1. The number of fused-ring (bicyclic) bond motifs is 1. The molecule has 3 aromatic heterocycles. The summed E-state index contributed by atoms with van der Waals surface area (Å²) in [6.07, 6.45) is -3.87. The van der Waals surface area contributed by atoms with E-state index in [0.717, 1.165) is 0 Å². The summed E-state index contributed by atoms with van der Waals surface area (Å²) in [6.45, 7) is 1.23. The smallest absolute Gasteiger partial charge is 0.342 e. The number of aliphatic hydroxyl groups is 2. The average molecular weight is 531 g/mol. The first kappa shape index (κ1) is 25.0. The van der Waals surface area contributed by atoms with Gasteiger partial charge in [-0.05, 0) is 24.1 Å². The number of nitrogen functional groups attached to an aromatic ring is 1. The summed E-state index contributed by atoms with van der Waals surface area (Å²) in [6, 6.07) is 10.4. The molecule has 0 aliphatic carbocycles. The molecule has 4 aromatic rings. The Bertz CT molecular complexity index is 1430. The number of carboxylic acids is 1. The zero-order valence-electron chi connectivity index (χ0n) is 19.4. The quantitative estimate of drug-likeness (QED) is 0.238. The third kappa shape index (κ3) is 4.51. The van der Waals surface area contributed by atoms with Crippen LogP contribution in [0.2, 0.25) is 5.28 Å². The molecule has 4 heterocycles. The number of benzene rings is 1. The lowest BCUT2D eigenvalue weighted by Gasteiger charge is -2.29. The van der Waals surface area contributed by atoms with Crippen LogP contribution in [0, 0.1) is 6.92 Å². The maximum atomic E-state index is 12.6. The monoisotopic (exact) mass is 530 g/mol. The second kappa shape index (κ2) is 9.68. The van der Waals surface area contributed by atoms with Gasteiger partial charge in [0.25, 0.3) is 0 Å². The van der Waals surface area contributed by atoms with Crippen LogP contribution < -0.4 is 5.73 Å². The van der Waals surface area contributed by atoms with Gasteiger partial charge in [0, 0.05) is 12.5 Å². The fourth-order valence-electron chi connectivity index (χ4n) is 4.32. The van der Waals surface area contributed by atoms with E-state index in [4.69, 9.17) is 31.3 Å². The number of aliphatic hydroxyl groups excluding tert-OH is 2. The van der Waals surface area contributed by atoms with Crippen molar-refractivity contribution < 1.29 is 34.1 Å². The highest BCUT2D eigenvalue weighted by atomic mass is 35.5. The van der Waals surface area contributed by atoms with Gasteiger partial charge >= 0.3 is 5.97 Å². The second-order valence-electron chi connectivity index (χ2n) is 8.68. The first-order chi connectivity index (χ1) is 17.7. The number of anilines is 1. The first-order valence-electron chi connectivity index (χ1n) is 11.2. The largest absolute Gasteiger partial charge is 0.479 e. The number of nitrogens with two attached hydrogens (primary N) is 1. The number of aliphatic carboxylic acids is 1. The van der Waals surface area contributed by atoms with Crippen LogP contribution in [-0.2, 0) is 26.3 Å². The molecule has 0 amide bonds. The van der Waals surface area contributed by atoms with E-state index >= 15 is 0 Å². The first-order valence-corrected chi connectivity index (χ1v) is 11.6. The van der Waals surface area contributed by atoms with Gasteiger partial charge in [0.2, 0.25) is 10.9 Å². The molecule has 5 rings (SSSR count). The Morgan fingerprint density at radius 1 is 1.24 bits per heavy atom. The highest BCUT2D eigenvalue weighted by Gasteiger charge is 2.49. The van der Waals surface area contributed by atoms with Crippen molar-refractivity contribution in [3.05, 3.63) is 65.0 Å². The number of carbonyl (C=O) groups is 1. The zero-order chi connectivity index (χ0) is 26.3. The van der Waals surface area contributed by atoms with Crippen molar-refractivity contribution in [2.45, 2.75) is 43.5 Å². The molecule has 1 aliphatic rings. The molecule has 13 nitrogen and oxygen atoms in total. The highest BCUT2D eigenvalue weighted by molar-refractivity contribution is 6.28. The normalized spacial score (nSPS) is 23.4. The van der Waals surface area contributed by atoms with Crippen LogP contribution in [0.15, 0.2) is 47.2 Å². The van der Waals surface area contributed by atoms with Crippen LogP contribution >= 0.6 is 11.6 Å². The summed E-state index contributed by atoms with van der Waals surface area (Å²) < 4.78 is 18.4. The molecule has 14 heteroatoms. The predicted molar refractivity (Wildman–Crippen MR) is 127 cm³/mol. The average Bonchev–Trinajstić information content (AvgIpc) is 3.56. The van der Waals surface area contributed by atoms with Crippen molar-refractivity contribution >= 4 is 34.6 Å². The van der Waals surface area contributed by atoms with Gasteiger partial charge in [0.15, 0.2) is 17.7 Å². The Hall–Kier alpha value is -3.62. The van der Waals surface area contributed by atoms with Crippen molar-refractivity contribution in [1.29, 1.82) is 0 Å². The maximum absolute atomic E-state index is 12.6. The maximum Gasteiger partial charge on any atom is 0.342 e. The van der Waals surface area contributed by atoms with E-state index in [1.54, 1.807) is 31.2 Å². The predicted octanol–water partition coefficient (Wildman–Crippen LogP) is 1.22. The van der Waals surface area contributed by atoms with E-state index in [1.165, 1.54) is 17.0 Å². The van der Waals surface area contributed by atoms with Crippen LogP contribution in [0.4, 0.5) is 5.82 Å². The van der Waals surface area contributed by atoms with Gasteiger partial charge < -0.3 is 35.1 Å². The van der Waals surface area contributed by atoms with E-state index in [0.29, 0.717) is 11.3 Å². The molecule has 37 heavy (non-hydrogen) atoms. The van der Waals surface area contributed by atoms with Gasteiger partial charge in [-0.2, -0.15) is 9.97 Å². The van der Waals surface area contributed by atoms with Gasteiger partial charge in [-0.15, -0.1) is 0 Å². The number of halogens is 1. The van der Waals surface area contributed by atoms with Crippen LogP contribution in [0.25, 0.3) is 11.2 Å². The standard InChI is InChI=1S/C23H23ClN6O7/c1-11-7-14(29-37-11)23(21(33)34,8-12-5-3-2-4-6-12)35-9-13-16(31)17(32)20(36-13)30-10-26-15-18(25)27-22(24)28-19(15)30/h2-7,10,13,16-17,20,31-32H,8-9H2,1H3,(H,33,34)(H2,25,27,28)/t13-,16-,17-,20-,23?/m1/s1. The molecule has 0 radical (unpaired) electrons. The van der Waals surface area contributed by atoms with E-state index in [2.05, 4.69) is 20.1 Å². The number of hydrogen-bond donors (Lipinski definition) is 4. The van der Waals surface area contributed by atoms with Crippen molar-refractivity contribution in [3.63, 3.8) is 0 Å². The van der Waals surface area contributed by atoms with E-state index in [1.807, 2.05) is 6.07 Å². The SMILES string of the molecule is Cc1cc(C(Cc2ccccc2)(OC[C@H]2O[C@@H](n3cnc4c(N)nc(Cl)nc43)[C@H](O)[C@@H]2O)C(=O)O)no1. The number of hydrogen-bond acceptors (Lipinski definition) is 11. The molecule has 5 N–H and O–H groups in total. The summed E-state index contributed by atoms with van der Waals surface area (Å²) in [5.74, 6) is -0.870. The summed E-state index contributed by atoms with van der Waals surface area (Å²) >= 11 is 5.92. The van der Waals surface area contributed by atoms with Gasteiger partial charge in [-0.25, -0.2) is 9.78 Å². The van der Waals surface area contributed by atoms with E-state index < -0.39 is 42.7 Å². The molecule has 1 unspecified atom stereocenters. The Morgan fingerprint density at radius 3 is 2.68 bits per heavy atom. The molecule has 0 saturated carbocycles. The van der Waals surface area contributed by atoms with Gasteiger partial charge in [0.1, 0.15) is 35.3 Å². The molecule has 1 aliphatic heterocycles. The molecule has 5 atom stereocenters. The summed E-state index contributed by atoms with van der Waals surface area (Å²) in [5, 5.41) is 35.6. The molecule has 1 aromatic carbocycles. The molecular weight excluding hydrogens is 508 g/mol. The van der Waals surface area contributed by atoms with Crippen molar-refractivity contribution in [3.8, 4) is 0 Å². The molecule has 0 bridgehead atoms. The van der Waals surface area contributed by atoms with Gasteiger partial charge in [0.05, 0.1) is 12.9 Å². The minimum absolute atomic E-state index is 0.0386. The Labute approximate surface area is 214 Å². The van der Waals surface area contributed by atoms with Gasteiger partial charge in [-0.1, -0.05) is 35.5 Å². The Balaban J connectivity index is 1.43. The third-order valence-electron chi connectivity index (χ3n) is 6.21. The highest BCUT2D eigenvalue weighted by Crippen LogP contribution is 2.36. The number of rotatable bonds is 8. The van der Waals surface area contributed by atoms with Crippen LogP contribution in [0.1, 0.15) is 23.2 Å². The topological polar surface area (TPSA) is 192 Å². The van der Waals surface area contributed by atoms with E-state index in [-0.39, 0.29) is 34.4 Å². The fraction of sp³-hybridized carbons (Fsp3) is 0.348. The van der Waals surface area contributed by atoms with Crippen LogP contribution in [0.5, 0.6) is 0 Å². The summed E-state index contributed by atoms with van der Waals surface area (Å²) in [7, 11) is 0. The van der Waals surface area contributed by atoms with Crippen molar-refractivity contribution in [2.24, 2.45) is 0 Å². The number of nitrogens with zero attached hydrogens (tertiary/aromatic N) is 5. The Morgan fingerprint density at radius 2 is 2.00 bits per heavy atom. The lowest BCUT2D eigenvalue weighted by Crippen LogP contribution is -2.44. The molecule has 194 valence electrons. The number of aromatic nitrogens is 5. The Kier molecular flexibility index (Phi) is 6.56. The fourth-order valence-corrected chi connectivity index (χ4v) is 4.49. The van der Waals surface area contributed by atoms with Crippen LogP contribution in [-0.4, -0.2) is 70.9 Å². The second-order valence-corrected chi connectivity index (χ2v) is 9.01. The summed E-state index contributed by atoms with van der Waals surface area (Å²) in [5.41, 5.74) is 5.05. The number of imidazole rings is 1. The van der Waals surface area contributed by atoms with E-state index in [9.17, 15) is 20.1 Å². The molecule has 0 spiro atoms. The molecular formula is C23H23ClN6O7. The molecule has 1 fully saturated rings. The van der Waals surface area contributed by atoms with Crippen molar-refractivity contribution in [1.82, 2.24) is 24.7 Å². The zero-order valence-corrected chi connectivity index (χ0v) is 20.2. The van der Waals surface area contributed by atoms with Gasteiger partial charge in [-0.3, -0.25) is 4.57 Å². The lowest BCUT2D eigenvalue weighted by molar-refractivity contribution is -0.177. The molecule has 1 saturated heterocycles. The van der Waals surface area contributed by atoms with Crippen LogP contribution in [0.3, 0.4) is 0 Å². The minimum Gasteiger partial charge on any atom is -0.479 e.